The van der Waals surface area contributed by atoms with Crippen LogP contribution in [0.25, 0.3) is 0 Å². The molecule has 5 nitrogen and oxygen atoms in total. The van der Waals surface area contributed by atoms with Crippen molar-refractivity contribution in [3.8, 4) is 0 Å². The molecule has 1 unspecified atom stereocenters. The Morgan fingerprint density at radius 2 is 2.13 bits per heavy atom. The van der Waals surface area contributed by atoms with Gasteiger partial charge in [-0.25, -0.2) is 0 Å². The van der Waals surface area contributed by atoms with Gasteiger partial charge in [0.05, 0.1) is 5.25 Å². The fourth-order valence-electron chi connectivity index (χ4n) is 1.93. The molecule has 2 aromatic rings. The van der Waals surface area contributed by atoms with E-state index in [0.29, 0.717) is 23.3 Å². The number of hydrogen-bond acceptors (Lipinski definition) is 4. The van der Waals surface area contributed by atoms with Gasteiger partial charge in [-0.2, -0.15) is 4.98 Å². The van der Waals surface area contributed by atoms with Crippen LogP contribution in [-0.2, 0) is 17.9 Å². The van der Waals surface area contributed by atoms with E-state index < -0.39 is 0 Å². The van der Waals surface area contributed by atoms with Crippen LogP contribution in [0.1, 0.15) is 19.4 Å². The Morgan fingerprint density at radius 3 is 2.83 bits per heavy atom. The average molecular weight is 352 g/mol. The lowest BCUT2D eigenvalue weighted by Gasteiger charge is -2.14. The predicted octanol–water partition coefficient (Wildman–Crippen LogP) is 2.71. The molecule has 1 aromatic carbocycles. The maximum Gasteiger partial charge on any atom is 0.273 e. The van der Waals surface area contributed by atoms with Crippen LogP contribution in [0.3, 0.4) is 0 Å². The number of thioether (sulfide) groups is 1. The number of carbonyl (C=O) groups excluding carboxylic acids is 1. The number of amides is 1. The van der Waals surface area contributed by atoms with Gasteiger partial charge < -0.3 is 9.88 Å². The first kappa shape index (κ1) is 17.6. The summed E-state index contributed by atoms with van der Waals surface area (Å²) in [6.45, 7) is 4.79. The highest BCUT2D eigenvalue weighted by Crippen LogP contribution is 2.21. The van der Waals surface area contributed by atoms with E-state index in [2.05, 4.69) is 10.3 Å². The zero-order valence-corrected chi connectivity index (χ0v) is 14.5. The second kappa shape index (κ2) is 8.17. The number of halogens is 1. The van der Waals surface area contributed by atoms with Crippen molar-refractivity contribution in [1.82, 2.24) is 14.9 Å². The van der Waals surface area contributed by atoms with Crippen LogP contribution >= 0.6 is 23.4 Å². The molecule has 1 aromatic heterocycles. The minimum absolute atomic E-state index is 0.129. The van der Waals surface area contributed by atoms with Gasteiger partial charge in [0, 0.05) is 30.4 Å². The number of benzene rings is 1. The third-order valence-electron chi connectivity index (χ3n) is 3.25. The summed E-state index contributed by atoms with van der Waals surface area (Å²) in [5.74, 6) is -0.129. The normalized spacial score (nSPS) is 12.0. The molecular formula is C16H18ClN3O2S. The number of nitrogens with zero attached hydrogens (tertiary/aromatic N) is 2. The van der Waals surface area contributed by atoms with Gasteiger partial charge in [-0.15, -0.1) is 0 Å². The monoisotopic (exact) mass is 351 g/mol. The molecule has 0 saturated carbocycles. The van der Waals surface area contributed by atoms with Gasteiger partial charge in [-0.1, -0.05) is 41.6 Å². The summed E-state index contributed by atoms with van der Waals surface area (Å²) in [6, 6.07) is 8.79. The number of hydrogen-bond donors (Lipinski definition) is 1. The van der Waals surface area contributed by atoms with E-state index in [1.807, 2.05) is 29.7 Å². The Morgan fingerprint density at radius 1 is 1.39 bits per heavy atom. The van der Waals surface area contributed by atoms with Crippen molar-refractivity contribution in [3.63, 3.8) is 0 Å². The molecule has 23 heavy (non-hydrogen) atoms. The fourth-order valence-corrected chi connectivity index (χ4v) is 3.10. The van der Waals surface area contributed by atoms with Crippen LogP contribution in [0.15, 0.2) is 46.5 Å². The van der Waals surface area contributed by atoms with E-state index in [1.54, 1.807) is 19.2 Å². The van der Waals surface area contributed by atoms with Crippen LogP contribution in [0.2, 0.25) is 5.02 Å². The number of nitrogens with one attached hydrogen (secondary N) is 1. The van der Waals surface area contributed by atoms with Gasteiger partial charge in [0.25, 0.3) is 5.56 Å². The smallest absolute Gasteiger partial charge is 0.273 e. The number of rotatable bonds is 6. The quantitative estimate of drug-likeness (QED) is 0.642. The van der Waals surface area contributed by atoms with Gasteiger partial charge >= 0.3 is 0 Å². The Balaban J connectivity index is 1.99. The summed E-state index contributed by atoms with van der Waals surface area (Å²) in [6.07, 6.45) is 1.69. The van der Waals surface area contributed by atoms with Crippen LogP contribution in [-0.4, -0.2) is 20.7 Å². The number of carbonyl (C=O) groups is 1. The van der Waals surface area contributed by atoms with Crippen LogP contribution in [0.5, 0.6) is 0 Å². The molecule has 2 rings (SSSR count). The minimum Gasteiger partial charge on any atom is -0.351 e. The van der Waals surface area contributed by atoms with Crippen molar-refractivity contribution in [2.45, 2.75) is 37.3 Å². The maximum atomic E-state index is 12.2. The summed E-state index contributed by atoms with van der Waals surface area (Å²) in [4.78, 5) is 27.6. The predicted molar refractivity (Wildman–Crippen MR) is 92.8 cm³/mol. The van der Waals surface area contributed by atoms with Gasteiger partial charge in [-0.05, 0) is 25.5 Å². The van der Waals surface area contributed by atoms with Gasteiger partial charge in [0.1, 0.15) is 0 Å². The summed E-state index contributed by atoms with van der Waals surface area (Å²) < 4.78 is 1.84. The van der Waals surface area contributed by atoms with E-state index >= 15 is 0 Å². The SMILES string of the molecule is CCn1ccc(=O)nc1SC(C)C(=O)NCc1ccccc1Cl. The largest absolute Gasteiger partial charge is 0.351 e. The lowest BCUT2D eigenvalue weighted by molar-refractivity contribution is -0.120. The zero-order valence-electron chi connectivity index (χ0n) is 13.0. The Hall–Kier alpha value is -1.79. The van der Waals surface area contributed by atoms with Crippen molar-refractivity contribution in [2.24, 2.45) is 0 Å². The molecule has 0 aliphatic heterocycles. The lowest BCUT2D eigenvalue weighted by atomic mass is 10.2. The molecule has 1 heterocycles. The first-order valence-corrected chi connectivity index (χ1v) is 8.52. The topological polar surface area (TPSA) is 64.0 Å². The van der Waals surface area contributed by atoms with Crippen LogP contribution in [0, 0.1) is 0 Å². The highest BCUT2D eigenvalue weighted by atomic mass is 35.5. The van der Waals surface area contributed by atoms with Crippen molar-refractivity contribution in [2.75, 3.05) is 0 Å². The number of aromatic nitrogens is 2. The summed E-state index contributed by atoms with van der Waals surface area (Å²) in [7, 11) is 0. The highest BCUT2D eigenvalue weighted by Gasteiger charge is 2.17. The molecule has 0 spiro atoms. The summed E-state index contributed by atoms with van der Waals surface area (Å²) in [5.41, 5.74) is 0.559. The lowest BCUT2D eigenvalue weighted by Crippen LogP contribution is -2.31. The third kappa shape index (κ3) is 4.84. The van der Waals surface area contributed by atoms with Gasteiger partial charge in [0.2, 0.25) is 5.91 Å². The zero-order chi connectivity index (χ0) is 16.8. The van der Waals surface area contributed by atoms with Crippen LogP contribution in [0.4, 0.5) is 0 Å². The van der Waals surface area contributed by atoms with Crippen LogP contribution < -0.4 is 10.9 Å². The molecule has 0 aliphatic rings. The first-order chi connectivity index (χ1) is 11.0. The Bertz CT molecular complexity index is 748. The molecule has 0 radical (unpaired) electrons. The van der Waals surface area contributed by atoms with E-state index in [9.17, 15) is 9.59 Å². The Labute approximate surface area is 144 Å². The fraction of sp³-hybridized carbons (Fsp3) is 0.312. The Kier molecular flexibility index (Phi) is 6.24. The third-order valence-corrected chi connectivity index (χ3v) is 4.72. The maximum absolute atomic E-state index is 12.2. The van der Waals surface area contributed by atoms with E-state index in [4.69, 9.17) is 11.6 Å². The van der Waals surface area contributed by atoms with E-state index in [0.717, 1.165) is 5.56 Å². The van der Waals surface area contributed by atoms with E-state index in [1.165, 1.54) is 17.8 Å². The summed E-state index contributed by atoms with van der Waals surface area (Å²) >= 11 is 7.33. The van der Waals surface area contributed by atoms with Gasteiger partial charge in [0.15, 0.2) is 5.16 Å². The van der Waals surface area contributed by atoms with Gasteiger partial charge in [-0.3, -0.25) is 9.59 Å². The molecule has 0 aliphatic carbocycles. The molecule has 0 bridgehead atoms. The number of aryl methyl sites for hydroxylation is 1. The molecule has 0 fully saturated rings. The minimum atomic E-state index is -0.371. The second-order valence-electron chi connectivity index (χ2n) is 4.90. The standard InChI is InChI=1S/C16H18ClN3O2S/c1-3-20-9-8-14(21)19-16(20)23-11(2)15(22)18-10-12-6-4-5-7-13(12)17/h4-9,11H,3,10H2,1-2H3,(H,18,22). The first-order valence-electron chi connectivity index (χ1n) is 7.26. The second-order valence-corrected chi connectivity index (χ2v) is 6.62. The molecule has 1 N–H and O–H groups in total. The van der Waals surface area contributed by atoms with Crippen molar-refractivity contribution in [3.05, 3.63) is 57.5 Å². The van der Waals surface area contributed by atoms with Crippen molar-refractivity contribution in [1.29, 1.82) is 0 Å². The molecular weight excluding hydrogens is 334 g/mol. The van der Waals surface area contributed by atoms with E-state index in [-0.39, 0.29) is 16.7 Å². The van der Waals surface area contributed by atoms with Crippen molar-refractivity contribution < 1.29 is 4.79 Å². The molecule has 1 amide bonds. The molecule has 1 atom stereocenters. The molecule has 7 heteroatoms. The highest BCUT2D eigenvalue weighted by molar-refractivity contribution is 8.00. The van der Waals surface area contributed by atoms with Crippen molar-refractivity contribution >= 4 is 29.3 Å². The summed E-state index contributed by atoms with van der Waals surface area (Å²) in [5, 5.41) is 3.65. The molecule has 122 valence electrons. The average Bonchev–Trinajstić information content (AvgIpc) is 2.54. The molecule has 0 saturated heterocycles.